The summed E-state index contributed by atoms with van der Waals surface area (Å²) in [5, 5.41) is 5.21. The lowest BCUT2D eigenvalue weighted by molar-refractivity contribution is 0.373. The number of nitrogens with zero attached hydrogens (tertiary/aromatic N) is 2. The molecule has 0 fully saturated rings. The maximum atomic E-state index is 5.38. The molecular weight excluding hydrogens is 459 g/mol. The van der Waals surface area contributed by atoms with Crippen LogP contribution in [0.25, 0.3) is 22.3 Å². The summed E-state index contributed by atoms with van der Waals surface area (Å²) in [6, 6.07) is 7.91. The van der Waals surface area contributed by atoms with Gasteiger partial charge in [-0.15, -0.1) is 0 Å². The summed E-state index contributed by atoms with van der Waals surface area (Å²) in [4.78, 5) is 4.73. The van der Waals surface area contributed by atoms with Crippen molar-refractivity contribution in [2.75, 3.05) is 7.11 Å². The summed E-state index contributed by atoms with van der Waals surface area (Å²) >= 11 is 5.89. The minimum Gasteiger partial charge on any atom is -0.495 e. The Labute approximate surface area is 150 Å². The first kappa shape index (κ1) is 15.7. The van der Waals surface area contributed by atoms with Gasteiger partial charge in [-0.25, -0.2) is 4.98 Å². The second-order valence-corrected chi connectivity index (χ2v) is 7.19. The van der Waals surface area contributed by atoms with Gasteiger partial charge in [0.2, 0.25) is 0 Å². The Hall–Kier alpha value is -1.15. The number of fused-ring (bicyclic) bond motifs is 1. The largest absolute Gasteiger partial charge is 0.495 e. The van der Waals surface area contributed by atoms with Gasteiger partial charge in [0, 0.05) is 20.9 Å². The fourth-order valence-electron chi connectivity index (χ4n) is 2.17. The molecule has 0 spiro atoms. The van der Waals surface area contributed by atoms with Gasteiger partial charge in [0.25, 0.3) is 0 Å². The van der Waals surface area contributed by atoms with E-state index in [1.54, 1.807) is 7.11 Å². The molecule has 6 heteroatoms. The van der Waals surface area contributed by atoms with Crippen molar-refractivity contribution in [1.29, 1.82) is 0 Å². The van der Waals surface area contributed by atoms with Gasteiger partial charge in [-0.05, 0) is 56.7 Å². The predicted molar refractivity (Wildman–Crippen MR) is 98.3 cm³/mol. The SMILES string of the molecule is COc1ccc2c(I)cc(-c3cc(C(C)C)on3)nc2c1Br. The summed E-state index contributed by atoms with van der Waals surface area (Å²) in [6.07, 6.45) is 0. The third-order valence-corrected chi connectivity index (χ3v) is 5.07. The molecule has 0 amide bonds. The molecule has 0 N–H and O–H groups in total. The molecular formula is C16H14BrIN2O2. The number of hydrogen-bond acceptors (Lipinski definition) is 4. The van der Waals surface area contributed by atoms with Gasteiger partial charge in [0.1, 0.15) is 17.2 Å². The molecule has 114 valence electrons. The number of pyridine rings is 1. The molecule has 0 saturated heterocycles. The molecule has 2 aromatic heterocycles. The van der Waals surface area contributed by atoms with Crippen molar-refractivity contribution in [3.8, 4) is 17.1 Å². The minimum atomic E-state index is 0.299. The van der Waals surface area contributed by atoms with E-state index in [1.807, 2.05) is 24.3 Å². The third-order valence-electron chi connectivity index (χ3n) is 3.41. The number of ether oxygens (including phenoxy) is 1. The highest BCUT2D eigenvalue weighted by molar-refractivity contribution is 14.1. The topological polar surface area (TPSA) is 48.2 Å². The summed E-state index contributed by atoms with van der Waals surface area (Å²) in [6.45, 7) is 4.15. The monoisotopic (exact) mass is 472 g/mol. The van der Waals surface area contributed by atoms with Crippen molar-refractivity contribution in [1.82, 2.24) is 10.1 Å². The van der Waals surface area contributed by atoms with Gasteiger partial charge >= 0.3 is 0 Å². The molecule has 0 radical (unpaired) electrons. The van der Waals surface area contributed by atoms with Gasteiger partial charge in [-0.2, -0.15) is 0 Å². The van der Waals surface area contributed by atoms with Crippen molar-refractivity contribution in [3.05, 3.63) is 38.1 Å². The average Bonchev–Trinajstić information content (AvgIpc) is 2.98. The van der Waals surface area contributed by atoms with Crippen LogP contribution in [-0.4, -0.2) is 17.3 Å². The lowest BCUT2D eigenvalue weighted by Crippen LogP contribution is -1.92. The van der Waals surface area contributed by atoms with E-state index in [-0.39, 0.29) is 0 Å². The Balaban J connectivity index is 2.20. The fourth-order valence-corrected chi connectivity index (χ4v) is 3.50. The number of rotatable bonds is 3. The van der Waals surface area contributed by atoms with Crippen molar-refractivity contribution in [3.63, 3.8) is 0 Å². The normalized spacial score (nSPS) is 11.4. The number of methoxy groups -OCH3 is 1. The van der Waals surface area contributed by atoms with Gasteiger partial charge in [0.05, 0.1) is 22.8 Å². The first-order chi connectivity index (χ1) is 10.5. The summed E-state index contributed by atoms with van der Waals surface area (Å²) < 4.78 is 12.7. The van der Waals surface area contributed by atoms with Gasteiger partial charge < -0.3 is 9.26 Å². The van der Waals surface area contributed by atoms with Crippen LogP contribution in [0.3, 0.4) is 0 Å². The summed E-state index contributed by atoms with van der Waals surface area (Å²) in [5.41, 5.74) is 2.40. The number of halogens is 2. The molecule has 3 aromatic rings. The van der Waals surface area contributed by atoms with Crippen molar-refractivity contribution >= 4 is 49.4 Å². The van der Waals surface area contributed by atoms with E-state index in [2.05, 4.69) is 57.5 Å². The molecule has 3 rings (SSSR count). The van der Waals surface area contributed by atoms with Crippen LogP contribution in [0.2, 0.25) is 0 Å². The Morgan fingerprint density at radius 3 is 2.64 bits per heavy atom. The summed E-state index contributed by atoms with van der Waals surface area (Å²) in [5.74, 6) is 1.92. The van der Waals surface area contributed by atoms with E-state index >= 15 is 0 Å². The molecule has 0 aliphatic rings. The van der Waals surface area contributed by atoms with Crippen LogP contribution >= 0.6 is 38.5 Å². The lowest BCUT2D eigenvalue weighted by Gasteiger charge is -2.08. The zero-order valence-electron chi connectivity index (χ0n) is 12.4. The molecule has 0 aliphatic carbocycles. The summed E-state index contributed by atoms with van der Waals surface area (Å²) in [7, 11) is 1.65. The Morgan fingerprint density at radius 2 is 2.00 bits per heavy atom. The molecule has 4 nitrogen and oxygen atoms in total. The van der Waals surface area contributed by atoms with Crippen LogP contribution in [0.4, 0.5) is 0 Å². The fraction of sp³-hybridized carbons (Fsp3) is 0.250. The van der Waals surface area contributed by atoms with Crippen LogP contribution < -0.4 is 4.74 Å². The van der Waals surface area contributed by atoms with Crippen LogP contribution in [0.1, 0.15) is 25.5 Å². The molecule has 1 aromatic carbocycles. The van der Waals surface area contributed by atoms with E-state index in [4.69, 9.17) is 14.2 Å². The zero-order valence-corrected chi connectivity index (χ0v) is 16.1. The third kappa shape index (κ3) is 2.74. The number of benzene rings is 1. The van der Waals surface area contributed by atoms with Crippen LogP contribution in [-0.2, 0) is 0 Å². The van der Waals surface area contributed by atoms with Gasteiger partial charge in [0.15, 0.2) is 0 Å². The van der Waals surface area contributed by atoms with E-state index < -0.39 is 0 Å². The molecule has 22 heavy (non-hydrogen) atoms. The van der Waals surface area contributed by atoms with Crippen molar-refractivity contribution in [2.45, 2.75) is 19.8 Å². The van der Waals surface area contributed by atoms with Crippen molar-refractivity contribution in [2.24, 2.45) is 0 Å². The van der Waals surface area contributed by atoms with Crippen LogP contribution in [0.5, 0.6) is 5.75 Å². The average molecular weight is 473 g/mol. The highest BCUT2D eigenvalue weighted by Crippen LogP contribution is 2.35. The molecule has 0 bridgehead atoms. The molecule has 0 unspecified atom stereocenters. The second-order valence-electron chi connectivity index (χ2n) is 5.24. The van der Waals surface area contributed by atoms with E-state index in [1.165, 1.54) is 0 Å². The molecule has 0 atom stereocenters. The van der Waals surface area contributed by atoms with Crippen molar-refractivity contribution < 1.29 is 9.26 Å². The highest BCUT2D eigenvalue weighted by Gasteiger charge is 2.15. The van der Waals surface area contributed by atoms with Gasteiger partial charge in [-0.1, -0.05) is 19.0 Å². The van der Waals surface area contributed by atoms with Gasteiger partial charge in [-0.3, -0.25) is 0 Å². The number of hydrogen-bond donors (Lipinski definition) is 0. The second kappa shape index (κ2) is 6.16. The molecule has 2 heterocycles. The highest BCUT2D eigenvalue weighted by atomic mass is 127. The lowest BCUT2D eigenvalue weighted by atomic mass is 10.1. The smallest absolute Gasteiger partial charge is 0.139 e. The van der Waals surface area contributed by atoms with E-state index in [0.29, 0.717) is 5.92 Å². The zero-order chi connectivity index (χ0) is 15.9. The van der Waals surface area contributed by atoms with Crippen LogP contribution in [0.15, 0.2) is 33.3 Å². The first-order valence-corrected chi connectivity index (χ1v) is 8.68. The Bertz CT molecular complexity index is 846. The van der Waals surface area contributed by atoms with E-state index in [0.717, 1.165) is 41.8 Å². The molecule has 0 aliphatic heterocycles. The quantitative estimate of drug-likeness (QED) is 0.479. The van der Waals surface area contributed by atoms with E-state index in [9.17, 15) is 0 Å². The Morgan fingerprint density at radius 1 is 1.23 bits per heavy atom. The maximum absolute atomic E-state index is 5.38. The number of aromatic nitrogens is 2. The minimum absolute atomic E-state index is 0.299. The predicted octanol–water partition coefficient (Wildman–Crippen LogP) is 5.39. The van der Waals surface area contributed by atoms with Crippen LogP contribution in [0, 0.1) is 3.57 Å². The Kier molecular flexibility index (Phi) is 4.40. The standard InChI is InChI=1S/C16H14BrIN2O2/c1-8(2)14-7-12(20-22-14)11-6-10(18)9-4-5-13(21-3)15(17)16(9)19-11/h4-8H,1-3H3. The maximum Gasteiger partial charge on any atom is 0.139 e. The first-order valence-electron chi connectivity index (χ1n) is 6.81. The molecule has 0 saturated carbocycles.